The zero-order chi connectivity index (χ0) is 14.1. The molecule has 0 atom stereocenters. The van der Waals surface area contributed by atoms with Crippen molar-refractivity contribution in [2.75, 3.05) is 0 Å². The largest absolute Gasteiger partial charge is 0.294 e. The Hall–Kier alpha value is -2.01. The summed E-state index contributed by atoms with van der Waals surface area (Å²) < 4.78 is 15.2. The van der Waals surface area contributed by atoms with E-state index < -0.39 is 5.82 Å². The van der Waals surface area contributed by atoms with Gasteiger partial charge < -0.3 is 0 Å². The number of fused-ring (bicyclic) bond motifs is 1. The van der Waals surface area contributed by atoms with Crippen LogP contribution < -0.4 is 5.56 Å². The summed E-state index contributed by atoms with van der Waals surface area (Å²) in [6.07, 6.45) is 1.45. The van der Waals surface area contributed by atoms with Crippen LogP contribution in [-0.4, -0.2) is 9.55 Å². The molecule has 3 aromatic rings. The summed E-state index contributed by atoms with van der Waals surface area (Å²) >= 11 is 3.09. The van der Waals surface area contributed by atoms with Gasteiger partial charge in [-0.05, 0) is 27.6 Å². The van der Waals surface area contributed by atoms with Gasteiger partial charge in [0.05, 0.1) is 28.2 Å². The van der Waals surface area contributed by atoms with Gasteiger partial charge >= 0.3 is 0 Å². The van der Waals surface area contributed by atoms with Crippen molar-refractivity contribution in [1.82, 2.24) is 9.55 Å². The number of halogens is 2. The lowest BCUT2D eigenvalue weighted by Crippen LogP contribution is -2.21. The van der Waals surface area contributed by atoms with Crippen LogP contribution in [0.25, 0.3) is 10.9 Å². The number of nitrogens with zero attached hydrogens (tertiary/aromatic N) is 2. The van der Waals surface area contributed by atoms with Gasteiger partial charge in [0.1, 0.15) is 5.82 Å². The highest BCUT2D eigenvalue weighted by molar-refractivity contribution is 9.10. The standard InChI is InChI=1S/C15H10BrFN2O/c16-12-6-11-14(7-13(12)17)18-9-19(15(11)20)8-10-4-2-1-3-5-10/h1-7,9H,8H2. The van der Waals surface area contributed by atoms with Crippen molar-refractivity contribution in [3.05, 3.63) is 75.0 Å². The van der Waals surface area contributed by atoms with Gasteiger partial charge in [-0.15, -0.1) is 0 Å². The lowest BCUT2D eigenvalue weighted by molar-refractivity contribution is 0.622. The molecule has 2 aromatic carbocycles. The molecule has 0 fully saturated rings. The fourth-order valence-electron chi connectivity index (χ4n) is 2.05. The summed E-state index contributed by atoms with van der Waals surface area (Å²) in [6, 6.07) is 12.4. The monoisotopic (exact) mass is 332 g/mol. The van der Waals surface area contributed by atoms with E-state index in [0.717, 1.165) is 5.56 Å². The van der Waals surface area contributed by atoms with Gasteiger partial charge in [-0.3, -0.25) is 9.36 Å². The normalized spacial score (nSPS) is 10.9. The van der Waals surface area contributed by atoms with Gasteiger partial charge in [0.25, 0.3) is 5.56 Å². The predicted molar refractivity (Wildman–Crippen MR) is 79.2 cm³/mol. The fraction of sp³-hybridized carbons (Fsp3) is 0.0667. The Balaban J connectivity index is 2.12. The maximum Gasteiger partial charge on any atom is 0.261 e. The van der Waals surface area contributed by atoms with Crippen LogP contribution in [0.15, 0.2) is 58.1 Å². The van der Waals surface area contributed by atoms with E-state index in [2.05, 4.69) is 20.9 Å². The molecule has 0 aliphatic carbocycles. The second-order valence-corrected chi connectivity index (χ2v) is 5.30. The van der Waals surface area contributed by atoms with Crippen LogP contribution >= 0.6 is 15.9 Å². The molecule has 0 N–H and O–H groups in total. The van der Waals surface area contributed by atoms with Crippen LogP contribution in [0.1, 0.15) is 5.56 Å². The van der Waals surface area contributed by atoms with E-state index in [-0.39, 0.29) is 10.0 Å². The van der Waals surface area contributed by atoms with Gasteiger partial charge in [-0.2, -0.15) is 0 Å². The van der Waals surface area contributed by atoms with Gasteiger partial charge in [-0.1, -0.05) is 30.3 Å². The van der Waals surface area contributed by atoms with Crippen molar-refractivity contribution < 1.29 is 4.39 Å². The third kappa shape index (κ3) is 2.36. The molecule has 0 amide bonds. The van der Waals surface area contributed by atoms with E-state index in [9.17, 15) is 9.18 Å². The van der Waals surface area contributed by atoms with Crippen molar-refractivity contribution in [1.29, 1.82) is 0 Å². The summed E-state index contributed by atoms with van der Waals surface area (Å²) in [5.41, 5.74) is 1.19. The number of benzene rings is 2. The van der Waals surface area contributed by atoms with Gasteiger partial charge in [0.2, 0.25) is 0 Å². The van der Waals surface area contributed by atoms with Gasteiger partial charge in [0.15, 0.2) is 0 Å². The van der Waals surface area contributed by atoms with Crippen LogP contribution in [-0.2, 0) is 6.54 Å². The van der Waals surface area contributed by atoms with Crippen LogP contribution in [0.5, 0.6) is 0 Å². The molecule has 3 rings (SSSR count). The molecule has 100 valence electrons. The van der Waals surface area contributed by atoms with Crippen molar-refractivity contribution in [3.63, 3.8) is 0 Å². The minimum atomic E-state index is -0.426. The summed E-state index contributed by atoms with van der Waals surface area (Å²) in [4.78, 5) is 16.5. The molecule has 0 aliphatic rings. The Morgan fingerprint density at radius 2 is 1.95 bits per heavy atom. The average Bonchev–Trinajstić information content (AvgIpc) is 2.46. The maximum absolute atomic E-state index is 13.4. The van der Waals surface area contributed by atoms with E-state index >= 15 is 0 Å². The molecular formula is C15H10BrFN2O. The molecule has 1 heterocycles. The quantitative estimate of drug-likeness (QED) is 0.721. The second kappa shape index (κ2) is 5.17. The molecule has 0 saturated carbocycles. The Bertz CT molecular complexity index is 830. The average molecular weight is 333 g/mol. The summed E-state index contributed by atoms with van der Waals surface area (Å²) in [7, 11) is 0. The van der Waals surface area contributed by atoms with E-state index in [4.69, 9.17) is 0 Å². The van der Waals surface area contributed by atoms with E-state index in [1.54, 1.807) is 0 Å². The summed E-state index contributed by atoms with van der Waals surface area (Å²) in [6.45, 7) is 0.442. The van der Waals surface area contributed by atoms with Crippen molar-refractivity contribution in [2.24, 2.45) is 0 Å². The van der Waals surface area contributed by atoms with Crippen LogP contribution in [0, 0.1) is 5.82 Å². The van der Waals surface area contributed by atoms with Gasteiger partial charge in [-0.25, -0.2) is 9.37 Å². The van der Waals surface area contributed by atoms with E-state index in [0.29, 0.717) is 17.4 Å². The van der Waals surface area contributed by atoms with Crippen molar-refractivity contribution >= 4 is 26.8 Å². The third-order valence-corrected chi connectivity index (χ3v) is 3.67. The lowest BCUT2D eigenvalue weighted by Gasteiger charge is -2.07. The predicted octanol–water partition coefficient (Wildman–Crippen LogP) is 3.35. The van der Waals surface area contributed by atoms with Crippen LogP contribution in [0.3, 0.4) is 0 Å². The van der Waals surface area contributed by atoms with Crippen molar-refractivity contribution in [3.8, 4) is 0 Å². The highest BCUT2D eigenvalue weighted by atomic mass is 79.9. The lowest BCUT2D eigenvalue weighted by atomic mass is 10.2. The first-order valence-corrected chi connectivity index (χ1v) is 6.82. The van der Waals surface area contributed by atoms with Crippen LogP contribution in [0.2, 0.25) is 0 Å². The Morgan fingerprint density at radius 3 is 2.70 bits per heavy atom. The summed E-state index contributed by atoms with van der Waals surface area (Å²) in [5.74, 6) is -0.426. The molecule has 0 saturated heterocycles. The van der Waals surface area contributed by atoms with Gasteiger partial charge in [0, 0.05) is 6.07 Å². The zero-order valence-corrected chi connectivity index (χ0v) is 12.0. The molecule has 20 heavy (non-hydrogen) atoms. The molecule has 5 heteroatoms. The Kier molecular flexibility index (Phi) is 3.36. The van der Waals surface area contributed by atoms with E-state index in [1.165, 1.54) is 23.0 Å². The highest BCUT2D eigenvalue weighted by Crippen LogP contribution is 2.19. The molecule has 1 aromatic heterocycles. The second-order valence-electron chi connectivity index (χ2n) is 4.45. The third-order valence-electron chi connectivity index (χ3n) is 3.06. The minimum absolute atomic E-state index is 0.181. The maximum atomic E-state index is 13.4. The van der Waals surface area contributed by atoms with Crippen molar-refractivity contribution in [2.45, 2.75) is 6.54 Å². The first-order valence-electron chi connectivity index (χ1n) is 6.03. The SMILES string of the molecule is O=c1c2cc(Br)c(F)cc2ncn1Cc1ccccc1. The zero-order valence-electron chi connectivity index (χ0n) is 10.4. The minimum Gasteiger partial charge on any atom is -0.294 e. The number of hydrogen-bond donors (Lipinski definition) is 0. The Labute approximate surface area is 122 Å². The molecule has 3 nitrogen and oxygen atoms in total. The molecule has 0 spiro atoms. The number of rotatable bonds is 2. The first kappa shape index (κ1) is 13.0. The highest BCUT2D eigenvalue weighted by Gasteiger charge is 2.08. The topological polar surface area (TPSA) is 34.9 Å². The molecule has 0 radical (unpaired) electrons. The Morgan fingerprint density at radius 1 is 1.20 bits per heavy atom. The molecule has 0 aliphatic heterocycles. The first-order chi connectivity index (χ1) is 9.65. The molecule has 0 bridgehead atoms. The number of hydrogen-bond acceptors (Lipinski definition) is 2. The van der Waals surface area contributed by atoms with E-state index in [1.807, 2.05) is 30.3 Å². The summed E-state index contributed by atoms with van der Waals surface area (Å²) in [5, 5.41) is 0.400. The number of aromatic nitrogens is 2. The van der Waals surface area contributed by atoms with Crippen LogP contribution in [0.4, 0.5) is 4.39 Å². The fourth-order valence-corrected chi connectivity index (χ4v) is 2.39. The molecule has 0 unspecified atom stereocenters. The smallest absolute Gasteiger partial charge is 0.261 e. The molecular weight excluding hydrogens is 323 g/mol.